The van der Waals surface area contributed by atoms with Crippen LogP contribution in [0.3, 0.4) is 0 Å². The zero-order valence-corrected chi connectivity index (χ0v) is 13.4. The zero-order valence-electron chi connectivity index (χ0n) is 12.5. The molecule has 0 saturated carbocycles. The van der Waals surface area contributed by atoms with E-state index in [9.17, 15) is 8.42 Å². The molecule has 0 aliphatic carbocycles. The van der Waals surface area contributed by atoms with E-state index in [0.29, 0.717) is 18.1 Å². The highest BCUT2D eigenvalue weighted by molar-refractivity contribution is 7.89. The minimum atomic E-state index is -3.50. The summed E-state index contributed by atoms with van der Waals surface area (Å²) < 4.78 is 31.2. The van der Waals surface area contributed by atoms with Gasteiger partial charge in [0.15, 0.2) is 0 Å². The fourth-order valence-electron chi connectivity index (χ4n) is 1.82. The molecule has 0 aliphatic rings. The topological polar surface area (TPSA) is 75.4 Å². The maximum absolute atomic E-state index is 12.3. The summed E-state index contributed by atoms with van der Waals surface area (Å²) in [6.45, 7) is 4.04. The summed E-state index contributed by atoms with van der Waals surface area (Å²) in [5, 5.41) is 3.07. The fourth-order valence-corrected chi connectivity index (χ4v) is 2.88. The van der Waals surface area contributed by atoms with Gasteiger partial charge in [-0.2, -0.15) is 0 Å². The molecule has 7 heteroatoms. The van der Waals surface area contributed by atoms with Crippen LogP contribution in [0.4, 0.5) is 5.69 Å². The summed E-state index contributed by atoms with van der Waals surface area (Å²) in [4.78, 5) is 4.49. The van der Waals surface area contributed by atoms with E-state index in [-0.39, 0.29) is 4.90 Å². The Bertz CT molecular complexity index is 716. The van der Waals surface area contributed by atoms with Gasteiger partial charge >= 0.3 is 0 Å². The van der Waals surface area contributed by atoms with Gasteiger partial charge < -0.3 is 9.73 Å². The van der Waals surface area contributed by atoms with Crippen LogP contribution in [-0.4, -0.2) is 31.8 Å². The summed E-state index contributed by atoms with van der Waals surface area (Å²) in [7, 11) is -0.481. The van der Waals surface area contributed by atoms with E-state index >= 15 is 0 Å². The SMILES string of the molecule is Cc1nc(CNc2ccccc2S(=O)(=O)N(C)C)oc1C. The number of rotatable bonds is 5. The molecular weight excluding hydrogens is 290 g/mol. The molecule has 2 aromatic rings. The van der Waals surface area contributed by atoms with Crippen molar-refractivity contribution in [1.82, 2.24) is 9.29 Å². The summed E-state index contributed by atoms with van der Waals surface area (Å²) in [5.41, 5.74) is 1.36. The number of benzene rings is 1. The predicted octanol–water partition coefficient (Wildman–Crippen LogP) is 2.15. The lowest BCUT2D eigenvalue weighted by atomic mass is 10.3. The van der Waals surface area contributed by atoms with Crippen LogP contribution in [-0.2, 0) is 16.6 Å². The summed E-state index contributed by atoms with van der Waals surface area (Å²) >= 11 is 0. The van der Waals surface area contributed by atoms with E-state index in [0.717, 1.165) is 11.5 Å². The van der Waals surface area contributed by atoms with E-state index in [1.807, 2.05) is 13.8 Å². The van der Waals surface area contributed by atoms with Gasteiger partial charge in [-0.15, -0.1) is 0 Å². The van der Waals surface area contributed by atoms with E-state index in [4.69, 9.17) is 4.42 Å². The number of aromatic nitrogens is 1. The van der Waals surface area contributed by atoms with Crippen molar-refractivity contribution in [2.45, 2.75) is 25.3 Å². The molecule has 1 N–H and O–H groups in total. The second-order valence-corrected chi connectivity index (χ2v) is 7.01. The number of anilines is 1. The fraction of sp³-hybridized carbons (Fsp3) is 0.357. The molecule has 1 heterocycles. The van der Waals surface area contributed by atoms with Crippen LogP contribution in [0.2, 0.25) is 0 Å². The van der Waals surface area contributed by atoms with Crippen LogP contribution in [0.5, 0.6) is 0 Å². The van der Waals surface area contributed by atoms with Crippen LogP contribution in [0, 0.1) is 13.8 Å². The second kappa shape index (κ2) is 5.87. The lowest BCUT2D eigenvalue weighted by Crippen LogP contribution is -2.23. The first-order chi connectivity index (χ1) is 9.82. The van der Waals surface area contributed by atoms with Crippen molar-refractivity contribution in [3.05, 3.63) is 41.6 Å². The van der Waals surface area contributed by atoms with Crippen LogP contribution in [0.15, 0.2) is 33.6 Å². The molecule has 0 amide bonds. The minimum Gasteiger partial charge on any atom is -0.444 e. The Balaban J connectivity index is 2.25. The number of nitrogens with zero attached hydrogens (tertiary/aromatic N) is 2. The second-order valence-electron chi connectivity index (χ2n) is 4.89. The van der Waals surface area contributed by atoms with E-state index in [2.05, 4.69) is 10.3 Å². The molecule has 2 rings (SSSR count). The van der Waals surface area contributed by atoms with Gasteiger partial charge in [-0.25, -0.2) is 17.7 Å². The van der Waals surface area contributed by atoms with Gasteiger partial charge in [-0.1, -0.05) is 12.1 Å². The maximum Gasteiger partial charge on any atom is 0.244 e. The molecule has 0 saturated heterocycles. The quantitative estimate of drug-likeness (QED) is 0.916. The normalized spacial score (nSPS) is 11.9. The first-order valence-electron chi connectivity index (χ1n) is 6.50. The summed E-state index contributed by atoms with van der Waals surface area (Å²) in [6.07, 6.45) is 0. The number of hydrogen-bond donors (Lipinski definition) is 1. The Hall–Kier alpha value is -1.86. The first kappa shape index (κ1) is 15.5. The third-order valence-corrected chi connectivity index (χ3v) is 5.02. The molecule has 1 aromatic heterocycles. The highest BCUT2D eigenvalue weighted by atomic mass is 32.2. The molecule has 0 spiro atoms. The smallest absolute Gasteiger partial charge is 0.244 e. The first-order valence-corrected chi connectivity index (χ1v) is 7.94. The Morgan fingerprint density at radius 1 is 1.24 bits per heavy atom. The van der Waals surface area contributed by atoms with Crippen LogP contribution in [0.25, 0.3) is 0 Å². The monoisotopic (exact) mass is 309 g/mol. The van der Waals surface area contributed by atoms with Crippen molar-refractivity contribution in [2.75, 3.05) is 19.4 Å². The predicted molar refractivity (Wildman–Crippen MR) is 80.6 cm³/mol. The lowest BCUT2D eigenvalue weighted by molar-refractivity contribution is 0.478. The Kier molecular flexibility index (Phi) is 4.34. The van der Waals surface area contributed by atoms with Crippen molar-refractivity contribution in [3.8, 4) is 0 Å². The number of aryl methyl sites for hydroxylation is 2. The largest absolute Gasteiger partial charge is 0.444 e. The number of oxazole rings is 1. The van der Waals surface area contributed by atoms with Gasteiger partial charge in [-0.3, -0.25) is 0 Å². The Morgan fingerprint density at radius 3 is 2.48 bits per heavy atom. The molecule has 114 valence electrons. The number of para-hydroxylation sites is 1. The maximum atomic E-state index is 12.3. The van der Waals surface area contributed by atoms with E-state index in [1.54, 1.807) is 24.3 Å². The summed E-state index contributed by atoms with van der Waals surface area (Å²) in [5.74, 6) is 1.29. The third-order valence-electron chi connectivity index (χ3n) is 3.15. The number of hydrogen-bond acceptors (Lipinski definition) is 5. The molecule has 1 aromatic carbocycles. The molecule has 0 radical (unpaired) electrons. The van der Waals surface area contributed by atoms with Gasteiger partial charge in [0.2, 0.25) is 15.9 Å². The van der Waals surface area contributed by atoms with Crippen LogP contribution >= 0.6 is 0 Å². The van der Waals surface area contributed by atoms with Crippen molar-refractivity contribution in [2.24, 2.45) is 0 Å². The molecule has 6 nitrogen and oxygen atoms in total. The Labute approximate surface area is 124 Å². The highest BCUT2D eigenvalue weighted by Gasteiger charge is 2.20. The van der Waals surface area contributed by atoms with Crippen LogP contribution in [0.1, 0.15) is 17.3 Å². The molecule has 21 heavy (non-hydrogen) atoms. The molecular formula is C14H19N3O3S. The lowest BCUT2D eigenvalue weighted by Gasteiger charge is -2.15. The molecule has 0 atom stereocenters. The number of sulfonamides is 1. The van der Waals surface area contributed by atoms with Crippen molar-refractivity contribution >= 4 is 15.7 Å². The average Bonchev–Trinajstić information content (AvgIpc) is 2.75. The van der Waals surface area contributed by atoms with Gasteiger partial charge in [-0.05, 0) is 26.0 Å². The van der Waals surface area contributed by atoms with Crippen molar-refractivity contribution in [3.63, 3.8) is 0 Å². The van der Waals surface area contributed by atoms with E-state index < -0.39 is 10.0 Å². The molecule has 0 fully saturated rings. The van der Waals surface area contributed by atoms with Crippen LogP contribution < -0.4 is 5.32 Å². The van der Waals surface area contributed by atoms with Gasteiger partial charge in [0.05, 0.1) is 17.9 Å². The average molecular weight is 309 g/mol. The highest BCUT2D eigenvalue weighted by Crippen LogP contribution is 2.23. The Morgan fingerprint density at radius 2 is 1.90 bits per heavy atom. The van der Waals surface area contributed by atoms with Crippen molar-refractivity contribution < 1.29 is 12.8 Å². The standard InChI is InChI=1S/C14H19N3O3S/c1-10-11(2)20-14(16-10)9-15-12-7-5-6-8-13(12)21(18,19)17(3)4/h5-8,15H,9H2,1-4H3. The van der Waals surface area contributed by atoms with Gasteiger partial charge in [0.25, 0.3) is 0 Å². The van der Waals surface area contributed by atoms with Gasteiger partial charge in [0, 0.05) is 14.1 Å². The molecule has 0 bridgehead atoms. The minimum absolute atomic E-state index is 0.231. The molecule has 0 unspecified atom stereocenters. The third kappa shape index (κ3) is 3.25. The molecule has 0 aliphatic heterocycles. The van der Waals surface area contributed by atoms with Crippen molar-refractivity contribution in [1.29, 1.82) is 0 Å². The summed E-state index contributed by atoms with van der Waals surface area (Å²) in [6, 6.07) is 6.77. The van der Waals surface area contributed by atoms with E-state index in [1.165, 1.54) is 18.4 Å². The number of nitrogens with one attached hydrogen (secondary N) is 1. The zero-order chi connectivity index (χ0) is 15.6. The van der Waals surface area contributed by atoms with Gasteiger partial charge in [0.1, 0.15) is 10.7 Å².